The van der Waals surface area contributed by atoms with Crippen molar-refractivity contribution >= 4 is 17.7 Å². The smallest absolute Gasteiger partial charge is 0.227 e. The lowest BCUT2D eigenvalue weighted by molar-refractivity contribution is -0.115. The lowest BCUT2D eigenvalue weighted by Crippen LogP contribution is -2.14. The van der Waals surface area contributed by atoms with Gasteiger partial charge in [0, 0.05) is 12.5 Å². The Hall–Kier alpha value is -1.30. The lowest BCUT2D eigenvalue weighted by Gasteiger charge is -2.11. The van der Waals surface area contributed by atoms with Crippen molar-refractivity contribution in [2.45, 2.75) is 43.3 Å². The lowest BCUT2D eigenvalue weighted by atomic mass is 10.1. The largest absolute Gasteiger partial charge is 0.369 e. The van der Waals surface area contributed by atoms with E-state index in [9.17, 15) is 4.79 Å². The Morgan fingerprint density at radius 2 is 2.22 bits per heavy atom. The number of carbonyl (C=O) groups excluding carboxylic acids is 1. The van der Waals surface area contributed by atoms with E-state index < -0.39 is 0 Å². The molecule has 1 aliphatic carbocycles. The van der Waals surface area contributed by atoms with Gasteiger partial charge >= 0.3 is 0 Å². The summed E-state index contributed by atoms with van der Waals surface area (Å²) in [5.41, 5.74) is 5.16. The molecule has 0 unspecified atom stereocenters. The first-order valence-corrected chi connectivity index (χ1v) is 7.16. The molecule has 1 aliphatic rings. The third-order valence-electron chi connectivity index (χ3n) is 3.12. The number of thioether (sulfide) groups is 1. The molecule has 2 N–H and O–H groups in total. The Labute approximate surface area is 111 Å². The van der Waals surface area contributed by atoms with E-state index in [1.165, 1.54) is 37.4 Å². The molecule has 1 aromatic rings. The monoisotopic (exact) mass is 266 g/mol. The molecule has 6 heteroatoms. The molecular weight excluding hydrogens is 248 g/mol. The summed E-state index contributed by atoms with van der Waals surface area (Å²) in [6.45, 7) is 4.44. The first-order valence-electron chi connectivity index (χ1n) is 6.17. The minimum absolute atomic E-state index is 0.236. The maximum atomic E-state index is 10.8. The highest BCUT2D eigenvalue weighted by atomic mass is 32.2. The van der Waals surface area contributed by atoms with Gasteiger partial charge in [0.05, 0.1) is 5.75 Å². The van der Waals surface area contributed by atoms with Crippen LogP contribution >= 0.6 is 11.8 Å². The van der Waals surface area contributed by atoms with Gasteiger partial charge in [-0.25, -0.2) is 0 Å². The van der Waals surface area contributed by atoms with Gasteiger partial charge in [-0.05, 0) is 12.8 Å². The van der Waals surface area contributed by atoms with Crippen molar-refractivity contribution in [1.82, 2.24) is 14.8 Å². The topological polar surface area (TPSA) is 73.8 Å². The summed E-state index contributed by atoms with van der Waals surface area (Å²) in [6, 6.07) is 0. The van der Waals surface area contributed by atoms with Gasteiger partial charge in [-0.2, -0.15) is 0 Å². The minimum Gasteiger partial charge on any atom is -0.369 e. The standard InChI is InChI=1S/C12H18N4OS/c1-2-7-16-11(9-5-3-4-6-9)14-15-12(16)18-8-10(13)17/h2,9H,1,3-8H2,(H2,13,17). The van der Waals surface area contributed by atoms with Crippen LogP contribution < -0.4 is 5.73 Å². The second kappa shape index (κ2) is 6.04. The van der Waals surface area contributed by atoms with Crippen LogP contribution in [0, 0.1) is 0 Å². The molecular formula is C12H18N4OS. The number of amides is 1. The Morgan fingerprint density at radius 3 is 2.83 bits per heavy atom. The van der Waals surface area contributed by atoms with E-state index in [2.05, 4.69) is 21.3 Å². The van der Waals surface area contributed by atoms with Crippen LogP contribution in [0.1, 0.15) is 37.4 Å². The van der Waals surface area contributed by atoms with Crippen LogP contribution in [0.4, 0.5) is 0 Å². The second-order valence-corrected chi connectivity index (χ2v) is 5.42. The Balaban J connectivity index is 2.18. The molecule has 18 heavy (non-hydrogen) atoms. The fraction of sp³-hybridized carbons (Fsp3) is 0.583. The summed E-state index contributed by atoms with van der Waals surface area (Å²) in [6.07, 6.45) is 6.70. The Bertz CT molecular complexity index is 437. The number of allylic oxidation sites excluding steroid dienone is 1. The molecule has 5 nitrogen and oxygen atoms in total. The number of primary amides is 1. The van der Waals surface area contributed by atoms with Crippen molar-refractivity contribution in [2.75, 3.05) is 5.75 Å². The molecule has 98 valence electrons. The fourth-order valence-corrected chi connectivity index (χ4v) is 3.02. The van der Waals surface area contributed by atoms with E-state index in [-0.39, 0.29) is 11.7 Å². The predicted molar refractivity (Wildman–Crippen MR) is 71.3 cm³/mol. The maximum absolute atomic E-state index is 10.8. The van der Waals surface area contributed by atoms with E-state index in [1.807, 2.05) is 6.08 Å². The van der Waals surface area contributed by atoms with Crippen molar-refractivity contribution in [3.63, 3.8) is 0 Å². The molecule has 1 aromatic heterocycles. The van der Waals surface area contributed by atoms with Crippen LogP contribution in [0.3, 0.4) is 0 Å². The summed E-state index contributed by atoms with van der Waals surface area (Å²) in [5.74, 6) is 1.43. The number of nitrogens with two attached hydrogens (primary N) is 1. The van der Waals surface area contributed by atoms with Crippen molar-refractivity contribution < 1.29 is 4.79 Å². The molecule has 0 radical (unpaired) electrons. The SMILES string of the molecule is C=CCn1c(SCC(N)=O)nnc1C1CCCC1. The molecule has 1 fully saturated rings. The zero-order chi connectivity index (χ0) is 13.0. The van der Waals surface area contributed by atoms with Crippen molar-refractivity contribution in [1.29, 1.82) is 0 Å². The molecule has 0 atom stereocenters. The summed E-state index contributed by atoms with van der Waals surface area (Å²) >= 11 is 1.34. The average molecular weight is 266 g/mol. The van der Waals surface area contributed by atoms with Gasteiger partial charge in [0.2, 0.25) is 5.91 Å². The molecule has 2 rings (SSSR count). The highest BCUT2D eigenvalue weighted by Gasteiger charge is 2.24. The summed E-state index contributed by atoms with van der Waals surface area (Å²) < 4.78 is 2.05. The highest BCUT2D eigenvalue weighted by molar-refractivity contribution is 7.99. The van der Waals surface area contributed by atoms with Gasteiger partial charge in [-0.3, -0.25) is 4.79 Å². The van der Waals surface area contributed by atoms with E-state index in [4.69, 9.17) is 5.73 Å². The first kappa shape index (κ1) is 13.1. The van der Waals surface area contributed by atoms with Crippen LogP contribution in [0.25, 0.3) is 0 Å². The molecule has 0 aliphatic heterocycles. The molecule has 1 amide bonds. The average Bonchev–Trinajstić information content (AvgIpc) is 2.95. The molecule has 0 aromatic carbocycles. The van der Waals surface area contributed by atoms with Crippen molar-refractivity contribution in [3.05, 3.63) is 18.5 Å². The first-order chi connectivity index (χ1) is 8.72. The third kappa shape index (κ3) is 2.93. The quantitative estimate of drug-likeness (QED) is 0.628. The molecule has 1 saturated carbocycles. The van der Waals surface area contributed by atoms with Gasteiger partial charge in [-0.1, -0.05) is 30.7 Å². The Morgan fingerprint density at radius 1 is 1.50 bits per heavy atom. The fourth-order valence-electron chi connectivity index (χ4n) is 2.33. The number of nitrogens with zero attached hydrogens (tertiary/aromatic N) is 3. The van der Waals surface area contributed by atoms with Crippen LogP contribution in [-0.2, 0) is 11.3 Å². The van der Waals surface area contributed by atoms with E-state index in [0.29, 0.717) is 12.5 Å². The maximum Gasteiger partial charge on any atom is 0.227 e. The zero-order valence-electron chi connectivity index (χ0n) is 10.3. The van der Waals surface area contributed by atoms with Gasteiger partial charge in [0.1, 0.15) is 5.82 Å². The zero-order valence-corrected chi connectivity index (χ0v) is 11.2. The van der Waals surface area contributed by atoms with E-state index >= 15 is 0 Å². The molecule has 1 heterocycles. The summed E-state index contributed by atoms with van der Waals surface area (Å²) in [5, 5.41) is 9.22. The van der Waals surface area contributed by atoms with Crippen LogP contribution in [-0.4, -0.2) is 26.4 Å². The van der Waals surface area contributed by atoms with Gasteiger partial charge < -0.3 is 10.3 Å². The number of rotatable bonds is 6. The summed E-state index contributed by atoms with van der Waals surface area (Å²) in [7, 11) is 0. The second-order valence-electron chi connectivity index (χ2n) is 4.48. The number of hydrogen-bond donors (Lipinski definition) is 1. The molecule has 0 saturated heterocycles. The number of aromatic nitrogens is 3. The van der Waals surface area contributed by atoms with Crippen molar-refractivity contribution in [2.24, 2.45) is 5.73 Å². The predicted octanol–water partition coefficient (Wildman–Crippen LogP) is 1.70. The summed E-state index contributed by atoms with van der Waals surface area (Å²) in [4.78, 5) is 10.8. The molecule has 0 spiro atoms. The van der Waals surface area contributed by atoms with E-state index in [1.54, 1.807) is 0 Å². The minimum atomic E-state index is -0.337. The van der Waals surface area contributed by atoms with Crippen LogP contribution in [0.15, 0.2) is 17.8 Å². The van der Waals surface area contributed by atoms with Crippen LogP contribution in [0.2, 0.25) is 0 Å². The van der Waals surface area contributed by atoms with Gasteiger partial charge in [0.15, 0.2) is 5.16 Å². The van der Waals surface area contributed by atoms with Crippen LogP contribution in [0.5, 0.6) is 0 Å². The highest BCUT2D eigenvalue weighted by Crippen LogP contribution is 2.34. The van der Waals surface area contributed by atoms with Crippen molar-refractivity contribution in [3.8, 4) is 0 Å². The molecule has 0 bridgehead atoms. The third-order valence-corrected chi connectivity index (χ3v) is 4.11. The van der Waals surface area contributed by atoms with Gasteiger partial charge in [-0.15, -0.1) is 16.8 Å². The van der Waals surface area contributed by atoms with Gasteiger partial charge in [0.25, 0.3) is 0 Å². The van der Waals surface area contributed by atoms with E-state index in [0.717, 1.165) is 11.0 Å². The number of carbonyl (C=O) groups is 1. The number of hydrogen-bond acceptors (Lipinski definition) is 4. The Kier molecular flexibility index (Phi) is 4.41. The normalized spacial score (nSPS) is 16.0.